The lowest BCUT2D eigenvalue weighted by Crippen LogP contribution is -2.20. The molecule has 1 aliphatic rings. The lowest BCUT2D eigenvalue weighted by atomic mass is 10.1. The van der Waals surface area contributed by atoms with E-state index in [1.807, 2.05) is 24.4 Å². The monoisotopic (exact) mass is 225 g/mol. The van der Waals surface area contributed by atoms with E-state index in [0.29, 0.717) is 0 Å². The fourth-order valence-electron chi connectivity index (χ4n) is 2.44. The maximum Gasteiger partial charge on any atom is 0.0636 e. The van der Waals surface area contributed by atoms with Gasteiger partial charge in [-0.05, 0) is 29.7 Å². The lowest BCUT2D eigenvalue weighted by molar-refractivity contribution is 0.833. The second-order valence-electron chi connectivity index (χ2n) is 4.39. The van der Waals surface area contributed by atoms with Gasteiger partial charge in [0.1, 0.15) is 0 Å². The Hall–Kier alpha value is -2.03. The maximum absolute atomic E-state index is 6.06. The molecule has 86 valence electrons. The van der Waals surface area contributed by atoms with Gasteiger partial charge in [0.2, 0.25) is 0 Å². The molecule has 3 heteroatoms. The smallest absolute Gasteiger partial charge is 0.0636 e. The summed E-state index contributed by atoms with van der Waals surface area (Å²) in [4.78, 5) is 6.48. The Morgan fingerprint density at radius 1 is 1.24 bits per heavy atom. The van der Waals surface area contributed by atoms with E-state index in [4.69, 9.17) is 5.73 Å². The molecule has 2 N–H and O–H groups in total. The van der Waals surface area contributed by atoms with Gasteiger partial charge in [-0.15, -0.1) is 0 Å². The Bertz CT molecular complexity index is 522. The van der Waals surface area contributed by atoms with Crippen molar-refractivity contribution in [1.29, 1.82) is 0 Å². The topological polar surface area (TPSA) is 42.1 Å². The highest BCUT2D eigenvalue weighted by Crippen LogP contribution is 2.34. The van der Waals surface area contributed by atoms with Crippen LogP contribution in [0.15, 0.2) is 42.7 Å². The number of fused-ring (bicyclic) bond motifs is 1. The molecule has 17 heavy (non-hydrogen) atoms. The lowest BCUT2D eigenvalue weighted by Gasteiger charge is -2.20. The third-order valence-corrected chi connectivity index (χ3v) is 3.21. The van der Waals surface area contributed by atoms with Crippen molar-refractivity contribution in [2.75, 3.05) is 17.2 Å². The van der Waals surface area contributed by atoms with Crippen molar-refractivity contribution in [2.45, 2.75) is 13.0 Å². The largest absolute Gasteiger partial charge is 0.397 e. The standard InChI is InChI=1S/C14H15N3/c15-13-5-1-4-12-6-8-17(14(12)13)10-11-3-2-7-16-9-11/h1-5,7,9H,6,8,10,15H2. The van der Waals surface area contributed by atoms with Crippen LogP contribution < -0.4 is 10.6 Å². The molecule has 1 aliphatic heterocycles. The van der Waals surface area contributed by atoms with Gasteiger partial charge < -0.3 is 10.6 Å². The molecule has 0 saturated heterocycles. The van der Waals surface area contributed by atoms with Crippen molar-refractivity contribution < 1.29 is 0 Å². The number of hydrogen-bond acceptors (Lipinski definition) is 3. The van der Waals surface area contributed by atoms with E-state index in [1.165, 1.54) is 16.8 Å². The molecule has 0 spiro atoms. The van der Waals surface area contributed by atoms with Crippen LogP contribution in [0.4, 0.5) is 11.4 Å². The first kappa shape index (κ1) is 10.1. The average Bonchev–Trinajstić information content (AvgIpc) is 2.75. The SMILES string of the molecule is Nc1cccc2c1N(Cc1cccnc1)CC2. The van der Waals surface area contributed by atoms with Crippen molar-refractivity contribution in [3.05, 3.63) is 53.9 Å². The second-order valence-corrected chi connectivity index (χ2v) is 4.39. The van der Waals surface area contributed by atoms with E-state index in [2.05, 4.69) is 22.0 Å². The second kappa shape index (κ2) is 4.09. The van der Waals surface area contributed by atoms with Crippen LogP contribution in [0.25, 0.3) is 0 Å². The number of hydrogen-bond donors (Lipinski definition) is 1. The fraction of sp³-hybridized carbons (Fsp3) is 0.214. The summed E-state index contributed by atoms with van der Waals surface area (Å²) in [5.74, 6) is 0. The first-order valence-corrected chi connectivity index (χ1v) is 5.86. The number of anilines is 2. The van der Waals surface area contributed by atoms with Crippen molar-refractivity contribution >= 4 is 11.4 Å². The molecule has 0 unspecified atom stereocenters. The normalized spacial score (nSPS) is 13.8. The molecule has 1 aromatic heterocycles. The molecule has 0 bridgehead atoms. The van der Waals surface area contributed by atoms with Gasteiger partial charge in [-0.1, -0.05) is 18.2 Å². The Morgan fingerprint density at radius 2 is 2.18 bits per heavy atom. The van der Waals surface area contributed by atoms with Gasteiger partial charge in [-0.2, -0.15) is 0 Å². The van der Waals surface area contributed by atoms with E-state index in [0.717, 1.165) is 25.2 Å². The van der Waals surface area contributed by atoms with Crippen LogP contribution in [0, 0.1) is 0 Å². The summed E-state index contributed by atoms with van der Waals surface area (Å²) < 4.78 is 0. The molecule has 0 fully saturated rings. The minimum absolute atomic E-state index is 0.879. The number of aromatic nitrogens is 1. The zero-order valence-electron chi connectivity index (χ0n) is 9.63. The molecule has 2 aromatic rings. The first-order valence-electron chi connectivity index (χ1n) is 5.86. The Balaban J connectivity index is 1.89. The number of nitrogens with two attached hydrogens (primary N) is 1. The quantitative estimate of drug-likeness (QED) is 0.797. The molecule has 0 radical (unpaired) electrons. The van der Waals surface area contributed by atoms with E-state index < -0.39 is 0 Å². The van der Waals surface area contributed by atoms with E-state index in [9.17, 15) is 0 Å². The van der Waals surface area contributed by atoms with Crippen LogP contribution >= 0.6 is 0 Å². The number of rotatable bonds is 2. The van der Waals surface area contributed by atoms with Crippen LogP contribution in [0.5, 0.6) is 0 Å². The molecule has 0 atom stereocenters. The van der Waals surface area contributed by atoms with E-state index in [-0.39, 0.29) is 0 Å². The van der Waals surface area contributed by atoms with Crippen LogP contribution in [0.3, 0.4) is 0 Å². The Labute approximate surface area is 101 Å². The van der Waals surface area contributed by atoms with Crippen molar-refractivity contribution in [3.63, 3.8) is 0 Å². The fourth-order valence-corrected chi connectivity index (χ4v) is 2.44. The molecular formula is C14H15N3. The maximum atomic E-state index is 6.06. The predicted molar refractivity (Wildman–Crippen MR) is 69.8 cm³/mol. The van der Waals surface area contributed by atoms with Gasteiger partial charge in [0, 0.05) is 25.5 Å². The van der Waals surface area contributed by atoms with Crippen LogP contribution in [0.1, 0.15) is 11.1 Å². The Morgan fingerprint density at radius 3 is 3.00 bits per heavy atom. The van der Waals surface area contributed by atoms with Crippen molar-refractivity contribution in [2.24, 2.45) is 0 Å². The number of para-hydroxylation sites is 1. The predicted octanol–water partition coefficient (Wildman–Crippen LogP) is 2.23. The minimum Gasteiger partial charge on any atom is -0.397 e. The van der Waals surface area contributed by atoms with Gasteiger partial charge in [-0.25, -0.2) is 0 Å². The van der Waals surface area contributed by atoms with E-state index >= 15 is 0 Å². The zero-order valence-corrected chi connectivity index (χ0v) is 9.63. The molecule has 3 rings (SSSR count). The molecule has 0 aliphatic carbocycles. The van der Waals surface area contributed by atoms with Crippen LogP contribution in [-0.4, -0.2) is 11.5 Å². The van der Waals surface area contributed by atoms with Crippen LogP contribution in [0.2, 0.25) is 0 Å². The third-order valence-electron chi connectivity index (χ3n) is 3.21. The first-order chi connectivity index (χ1) is 8.34. The summed E-state index contributed by atoms with van der Waals surface area (Å²) in [5.41, 5.74) is 10.7. The summed E-state index contributed by atoms with van der Waals surface area (Å²) in [5, 5.41) is 0. The summed E-state index contributed by atoms with van der Waals surface area (Å²) in [6.45, 7) is 1.92. The van der Waals surface area contributed by atoms with Crippen molar-refractivity contribution in [1.82, 2.24) is 4.98 Å². The van der Waals surface area contributed by atoms with Gasteiger partial charge in [0.05, 0.1) is 11.4 Å². The highest BCUT2D eigenvalue weighted by molar-refractivity contribution is 5.74. The molecule has 2 heterocycles. The van der Waals surface area contributed by atoms with Gasteiger partial charge in [0.15, 0.2) is 0 Å². The van der Waals surface area contributed by atoms with Crippen molar-refractivity contribution in [3.8, 4) is 0 Å². The van der Waals surface area contributed by atoms with Gasteiger partial charge >= 0.3 is 0 Å². The van der Waals surface area contributed by atoms with E-state index in [1.54, 1.807) is 6.20 Å². The van der Waals surface area contributed by atoms with Crippen LogP contribution in [-0.2, 0) is 13.0 Å². The van der Waals surface area contributed by atoms with Gasteiger partial charge in [-0.3, -0.25) is 4.98 Å². The molecular weight excluding hydrogens is 210 g/mol. The number of nitrogens with zero attached hydrogens (tertiary/aromatic N) is 2. The summed E-state index contributed by atoms with van der Waals surface area (Å²) in [6.07, 6.45) is 4.80. The summed E-state index contributed by atoms with van der Waals surface area (Å²) >= 11 is 0. The number of benzene rings is 1. The van der Waals surface area contributed by atoms with Gasteiger partial charge in [0.25, 0.3) is 0 Å². The highest BCUT2D eigenvalue weighted by Gasteiger charge is 2.20. The molecule has 0 saturated carbocycles. The number of pyridine rings is 1. The zero-order chi connectivity index (χ0) is 11.7. The summed E-state index contributed by atoms with van der Waals surface area (Å²) in [7, 11) is 0. The highest BCUT2D eigenvalue weighted by atomic mass is 15.2. The summed E-state index contributed by atoms with van der Waals surface area (Å²) in [6, 6.07) is 10.2. The number of nitrogen functional groups attached to an aromatic ring is 1. The minimum atomic E-state index is 0.879. The third kappa shape index (κ3) is 1.84. The molecule has 1 aromatic carbocycles. The molecule has 0 amide bonds. The molecule has 3 nitrogen and oxygen atoms in total. The Kier molecular flexibility index (Phi) is 2.44. The average molecular weight is 225 g/mol.